The molecule has 6 aromatic rings. The number of benzene rings is 3. The monoisotopic (exact) mass is 517 g/mol. The maximum atomic E-state index is 12.3. The van der Waals surface area contributed by atoms with Gasteiger partial charge in [-0.25, -0.2) is 4.98 Å². The predicted molar refractivity (Wildman–Crippen MR) is 153 cm³/mol. The third-order valence-corrected chi connectivity index (χ3v) is 6.92. The van der Waals surface area contributed by atoms with E-state index in [9.17, 15) is 4.79 Å². The van der Waals surface area contributed by atoms with E-state index in [0.29, 0.717) is 24.6 Å². The first kappa shape index (κ1) is 24.2. The first-order valence-electron chi connectivity index (χ1n) is 12.6. The van der Waals surface area contributed by atoms with Crippen molar-refractivity contribution in [1.82, 2.24) is 19.7 Å². The molecule has 3 heterocycles. The molecule has 0 bridgehead atoms. The van der Waals surface area contributed by atoms with Crippen molar-refractivity contribution in [2.24, 2.45) is 0 Å². The number of nitrogens with one attached hydrogen (secondary N) is 2. The molecule has 0 radical (unpaired) electrons. The highest BCUT2D eigenvalue weighted by molar-refractivity contribution is 6.11. The summed E-state index contributed by atoms with van der Waals surface area (Å²) in [6.45, 7) is 1.10. The van der Waals surface area contributed by atoms with Crippen LogP contribution < -0.4 is 14.8 Å². The average molecular weight is 518 g/mol. The molecule has 0 atom stereocenters. The van der Waals surface area contributed by atoms with E-state index < -0.39 is 0 Å². The van der Waals surface area contributed by atoms with Crippen molar-refractivity contribution in [3.05, 3.63) is 102 Å². The minimum Gasteiger partial charge on any atom is -0.497 e. The molecule has 0 amide bonds. The van der Waals surface area contributed by atoms with Gasteiger partial charge < -0.3 is 19.4 Å². The number of H-pyrrole nitrogens is 1. The molecule has 0 aliphatic carbocycles. The highest BCUT2D eigenvalue weighted by Gasteiger charge is 2.18. The first-order valence-corrected chi connectivity index (χ1v) is 12.6. The molecule has 0 aliphatic rings. The number of fused-ring (bicyclic) bond motifs is 3. The van der Waals surface area contributed by atoms with Crippen LogP contribution in [0.2, 0.25) is 0 Å². The Morgan fingerprint density at radius 2 is 1.59 bits per heavy atom. The van der Waals surface area contributed by atoms with Crippen molar-refractivity contribution in [2.45, 2.75) is 13.1 Å². The van der Waals surface area contributed by atoms with Crippen LogP contribution >= 0.6 is 0 Å². The third kappa shape index (κ3) is 4.68. The number of aromatic nitrogens is 4. The predicted octanol–water partition coefficient (Wildman–Crippen LogP) is 6.07. The molecule has 0 saturated carbocycles. The van der Waals surface area contributed by atoms with Crippen LogP contribution in [0, 0.1) is 0 Å². The Morgan fingerprint density at radius 3 is 2.23 bits per heavy atom. The van der Waals surface area contributed by atoms with Gasteiger partial charge in [-0.15, -0.1) is 0 Å². The molecular weight excluding hydrogens is 490 g/mol. The Labute approximate surface area is 225 Å². The highest BCUT2D eigenvalue weighted by Crippen LogP contribution is 2.35. The normalized spacial score (nSPS) is 11.1. The van der Waals surface area contributed by atoms with Crippen molar-refractivity contribution in [1.29, 1.82) is 0 Å². The average Bonchev–Trinajstić information content (AvgIpc) is 3.65. The van der Waals surface area contributed by atoms with Gasteiger partial charge in [-0.3, -0.25) is 9.89 Å². The quantitative estimate of drug-likeness (QED) is 0.226. The van der Waals surface area contributed by atoms with Crippen LogP contribution in [0.25, 0.3) is 33.1 Å². The molecule has 6 rings (SSSR count). The number of aromatic amines is 1. The Kier molecular flexibility index (Phi) is 6.42. The van der Waals surface area contributed by atoms with Gasteiger partial charge in [0.25, 0.3) is 0 Å². The first-order chi connectivity index (χ1) is 19.2. The molecule has 3 aromatic carbocycles. The summed E-state index contributed by atoms with van der Waals surface area (Å²) in [4.78, 5) is 17.3. The molecule has 0 spiro atoms. The zero-order valence-corrected chi connectivity index (χ0v) is 21.6. The molecule has 8 nitrogen and oxygen atoms in total. The molecule has 2 N–H and O–H groups in total. The Hall–Kier alpha value is -5.11. The topological polar surface area (TPSA) is 94.1 Å². The van der Waals surface area contributed by atoms with Crippen molar-refractivity contribution in [2.75, 3.05) is 19.5 Å². The molecule has 39 heavy (non-hydrogen) atoms. The number of hydrogen-bond donors (Lipinski definition) is 2. The van der Waals surface area contributed by atoms with Crippen molar-refractivity contribution >= 4 is 33.9 Å². The maximum Gasteiger partial charge on any atom is 0.166 e. The smallest absolute Gasteiger partial charge is 0.166 e. The summed E-state index contributed by atoms with van der Waals surface area (Å²) in [6, 6.07) is 25.8. The van der Waals surface area contributed by atoms with E-state index in [1.165, 1.54) is 0 Å². The molecule has 8 heteroatoms. The highest BCUT2D eigenvalue weighted by atomic mass is 16.5. The number of nitrogens with zero attached hydrogens (tertiary/aromatic N) is 3. The zero-order valence-electron chi connectivity index (χ0n) is 21.6. The van der Waals surface area contributed by atoms with Gasteiger partial charge in [-0.05, 0) is 53.6 Å². The number of methoxy groups -OCH3 is 2. The van der Waals surface area contributed by atoms with E-state index in [1.54, 1.807) is 20.4 Å². The Morgan fingerprint density at radius 1 is 0.872 bits per heavy atom. The SMILES string of the molecule is COc1ccc(CNc2nc3cc(-c4ccn[nH]4)ccc3c3c2cc(C=O)n3Cc2ccc(OC)cc2)cc1. The van der Waals surface area contributed by atoms with E-state index in [4.69, 9.17) is 14.5 Å². The van der Waals surface area contributed by atoms with Gasteiger partial charge in [0.15, 0.2) is 6.29 Å². The summed E-state index contributed by atoms with van der Waals surface area (Å²) in [5, 5.41) is 12.5. The minimum atomic E-state index is 0.529. The second kappa shape index (κ2) is 10.3. The van der Waals surface area contributed by atoms with E-state index in [2.05, 4.69) is 26.1 Å². The lowest BCUT2D eigenvalue weighted by Gasteiger charge is -2.14. The second-order valence-electron chi connectivity index (χ2n) is 9.25. The molecule has 0 aliphatic heterocycles. The van der Waals surface area contributed by atoms with Crippen LogP contribution in [0.5, 0.6) is 11.5 Å². The number of ether oxygens (including phenoxy) is 2. The number of anilines is 1. The summed E-state index contributed by atoms with van der Waals surface area (Å²) in [6.07, 6.45) is 2.63. The molecule has 0 saturated heterocycles. The van der Waals surface area contributed by atoms with Crippen molar-refractivity contribution in [3.8, 4) is 22.8 Å². The summed E-state index contributed by atoms with van der Waals surface area (Å²) in [5.41, 5.74) is 6.39. The van der Waals surface area contributed by atoms with Crippen LogP contribution in [0.3, 0.4) is 0 Å². The molecule has 194 valence electrons. The van der Waals surface area contributed by atoms with Crippen LogP contribution in [-0.2, 0) is 13.1 Å². The van der Waals surface area contributed by atoms with Gasteiger partial charge in [0.1, 0.15) is 17.3 Å². The van der Waals surface area contributed by atoms with Crippen molar-refractivity contribution in [3.63, 3.8) is 0 Å². The van der Waals surface area contributed by atoms with Crippen molar-refractivity contribution < 1.29 is 14.3 Å². The molecular formula is C31H27N5O3. The standard InChI is InChI=1S/C31H27N5O3/c1-38-24-8-3-20(4-9-24)17-32-31-27-16-23(19-37)36(18-21-5-10-25(39-2)11-6-21)30(27)26-12-7-22(15-29(26)34-31)28-13-14-33-35-28/h3-16,19H,17-18H2,1-2H3,(H,32,34)(H,33,35). The minimum absolute atomic E-state index is 0.529. The van der Waals surface area contributed by atoms with Gasteiger partial charge in [0, 0.05) is 35.6 Å². The number of hydrogen-bond acceptors (Lipinski definition) is 6. The molecule has 0 unspecified atom stereocenters. The fraction of sp³-hybridized carbons (Fsp3) is 0.129. The third-order valence-electron chi connectivity index (χ3n) is 6.92. The number of carbonyl (C=O) groups excluding carboxylic acids is 1. The number of rotatable bonds is 9. The summed E-state index contributed by atoms with van der Waals surface area (Å²) >= 11 is 0. The largest absolute Gasteiger partial charge is 0.497 e. The van der Waals surface area contributed by atoms with Gasteiger partial charge >= 0.3 is 0 Å². The number of pyridine rings is 1. The van der Waals surface area contributed by atoms with Gasteiger partial charge in [-0.1, -0.05) is 36.4 Å². The van der Waals surface area contributed by atoms with Crippen LogP contribution in [0.1, 0.15) is 21.6 Å². The second-order valence-corrected chi connectivity index (χ2v) is 9.25. The van der Waals surface area contributed by atoms with Crippen LogP contribution in [0.15, 0.2) is 85.1 Å². The molecule has 3 aromatic heterocycles. The van der Waals surface area contributed by atoms with E-state index in [-0.39, 0.29) is 0 Å². The lowest BCUT2D eigenvalue weighted by molar-refractivity contribution is 0.111. The fourth-order valence-corrected chi connectivity index (χ4v) is 4.87. The zero-order chi connectivity index (χ0) is 26.8. The van der Waals surface area contributed by atoms with E-state index in [0.717, 1.165) is 62.0 Å². The van der Waals surface area contributed by atoms with Gasteiger partial charge in [-0.2, -0.15) is 5.10 Å². The van der Waals surface area contributed by atoms with Crippen LogP contribution in [-0.4, -0.2) is 40.3 Å². The molecule has 0 fully saturated rings. The summed E-state index contributed by atoms with van der Waals surface area (Å²) in [5.74, 6) is 2.31. The van der Waals surface area contributed by atoms with E-state index in [1.807, 2.05) is 72.8 Å². The van der Waals surface area contributed by atoms with Gasteiger partial charge in [0.2, 0.25) is 0 Å². The lowest BCUT2D eigenvalue weighted by atomic mass is 10.1. The van der Waals surface area contributed by atoms with Gasteiger partial charge in [0.05, 0.1) is 36.6 Å². The lowest BCUT2D eigenvalue weighted by Crippen LogP contribution is -2.05. The summed E-state index contributed by atoms with van der Waals surface area (Å²) < 4.78 is 12.7. The number of carbonyl (C=O) groups is 1. The summed E-state index contributed by atoms with van der Waals surface area (Å²) in [7, 11) is 3.30. The fourth-order valence-electron chi connectivity index (χ4n) is 4.87. The number of aldehydes is 1. The Bertz CT molecular complexity index is 1760. The maximum absolute atomic E-state index is 12.3. The Balaban J connectivity index is 1.49. The van der Waals surface area contributed by atoms with Crippen LogP contribution in [0.4, 0.5) is 5.82 Å². The van der Waals surface area contributed by atoms with E-state index >= 15 is 0 Å².